The third-order valence-electron chi connectivity index (χ3n) is 4.47. The summed E-state index contributed by atoms with van der Waals surface area (Å²) < 4.78 is 10.6. The average Bonchev–Trinajstić information content (AvgIpc) is 2.67. The Kier molecular flexibility index (Phi) is 5.45. The predicted molar refractivity (Wildman–Crippen MR) is 106 cm³/mol. The molecule has 0 radical (unpaired) electrons. The van der Waals surface area contributed by atoms with Gasteiger partial charge in [0.15, 0.2) is 11.5 Å². The molecular formula is C21H22N2O4. The Bertz CT molecular complexity index is 1040. The number of fused-ring (bicyclic) bond motifs is 1. The van der Waals surface area contributed by atoms with Crippen LogP contribution in [0.1, 0.15) is 17.5 Å². The van der Waals surface area contributed by atoms with Crippen molar-refractivity contribution in [1.82, 2.24) is 4.98 Å². The quantitative estimate of drug-likeness (QED) is 0.700. The van der Waals surface area contributed by atoms with Crippen LogP contribution in [0.3, 0.4) is 0 Å². The standard InChI is InChI=1S/C21H22N2O4/c1-13-6-4-5-7-16(13)22-20(24)9-8-14-10-15-11-18(26-2)19(27-3)12-17(15)23-21(14)25/h4-7,10-12H,8-9H2,1-3H3,(H,22,24)(H,23,25). The smallest absolute Gasteiger partial charge is 0.251 e. The fraction of sp³-hybridized carbons (Fsp3) is 0.238. The number of anilines is 1. The zero-order chi connectivity index (χ0) is 19.4. The molecule has 0 spiro atoms. The van der Waals surface area contributed by atoms with Crippen LogP contribution in [0.15, 0.2) is 47.3 Å². The second-order valence-corrected chi connectivity index (χ2v) is 6.28. The topological polar surface area (TPSA) is 80.4 Å². The molecular weight excluding hydrogens is 344 g/mol. The van der Waals surface area contributed by atoms with Crippen molar-refractivity contribution in [2.45, 2.75) is 19.8 Å². The second kappa shape index (κ2) is 7.95. The zero-order valence-electron chi connectivity index (χ0n) is 15.6. The van der Waals surface area contributed by atoms with Crippen LogP contribution in [0.5, 0.6) is 11.5 Å². The van der Waals surface area contributed by atoms with E-state index in [-0.39, 0.29) is 17.9 Å². The van der Waals surface area contributed by atoms with Gasteiger partial charge in [0.25, 0.3) is 5.56 Å². The molecule has 3 rings (SSSR count). The number of aryl methyl sites for hydroxylation is 2. The highest BCUT2D eigenvalue weighted by molar-refractivity contribution is 5.91. The zero-order valence-corrected chi connectivity index (χ0v) is 15.6. The molecule has 0 bridgehead atoms. The maximum absolute atomic E-state index is 12.4. The lowest BCUT2D eigenvalue weighted by Crippen LogP contribution is -2.17. The lowest BCUT2D eigenvalue weighted by molar-refractivity contribution is -0.116. The molecule has 1 amide bonds. The van der Waals surface area contributed by atoms with Crippen molar-refractivity contribution in [2.75, 3.05) is 19.5 Å². The van der Waals surface area contributed by atoms with Gasteiger partial charge < -0.3 is 19.8 Å². The number of methoxy groups -OCH3 is 2. The van der Waals surface area contributed by atoms with Crippen LogP contribution in [0, 0.1) is 6.92 Å². The van der Waals surface area contributed by atoms with Gasteiger partial charge in [-0.15, -0.1) is 0 Å². The van der Waals surface area contributed by atoms with E-state index in [1.807, 2.05) is 31.2 Å². The molecule has 0 saturated carbocycles. The van der Waals surface area contributed by atoms with E-state index in [0.717, 1.165) is 16.6 Å². The number of pyridine rings is 1. The number of para-hydroxylation sites is 1. The van der Waals surface area contributed by atoms with Gasteiger partial charge in [0.2, 0.25) is 5.91 Å². The molecule has 0 saturated heterocycles. The van der Waals surface area contributed by atoms with Gasteiger partial charge >= 0.3 is 0 Å². The summed E-state index contributed by atoms with van der Waals surface area (Å²) in [6, 6.07) is 12.9. The van der Waals surface area contributed by atoms with Crippen molar-refractivity contribution in [3.8, 4) is 11.5 Å². The summed E-state index contributed by atoms with van der Waals surface area (Å²) >= 11 is 0. The van der Waals surface area contributed by atoms with Gasteiger partial charge in [-0.1, -0.05) is 18.2 Å². The third kappa shape index (κ3) is 4.11. The van der Waals surface area contributed by atoms with E-state index in [9.17, 15) is 9.59 Å². The van der Waals surface area contributed by atoms with Gasteiger partial charge in [-0.05, 0) is 37.1 Å². The summed E-state index contributed by atoms with van der Waals surface area (Å²) in [7, 11) is 3.11. The molecule has 0 atom stereocenters. The summed E-state index contributed by atoms with van der Waals surface area (Å²) in [6.07, 6.45) is 0.563. The van der Waals surface area contributed by atoms with Gasteiger partial charge in [-0.25, -0.2) is 0 Å². The summed E-state index contributed by atoms with van der Waals surface area (Å²) in [4.78, 5) is 27.4. The van der Waals surface area contributed by atoms with Gasteiger partial charge in [0, 0.05) is 29.1 Å². The van der Waals surface area contributed by atoms with Gasteiger partial charge in [-0.3, -0.25) is 9.59 Å². The number of carbonyl (C=O) groups is 1. The Hall–Kier alpha value is -3.28. The summed E-state index contributed by atoms with van der Waals surface area (Å²) in [6.45, 7) is 1.94. The fourth-order valence-electron chi connectivity index (χ4n) is 2.94. The van der Waals surface area contributed by atoms with Crippen LogP contribution < -0.4 is 20.3 Å². The van der Waals surface area contributed by atoms with Gasteiger partial charge in [0.1, 0.15) is 0 Å². The van der Waals surface area contributed by atoms with Crippen molar-refractivity contribution in [1.29, 1.82) is 0 Å². The lowest BCUT2D eigenvalue weighted by atomic mass is 10.1. The number of aromatic amines is 1. The Morgan fingerprint density at radius 2 is 1.78 bits per heavy atom. The molecule has 1 aromatic heterocycles. The second-order valence-electron chi connectivity index (χ2n) is 6.28. The van der Waals surface area contributed by atoms with Gasteiger partial charge in [0.05, 0.1) is 19.7 Å². The first-order valence-corrected chi connectivity index (χ1v) is 8.65. The van der Waals surface area contributed by atoms with Crippen LogP contribution in [0.4, 0.5) is 5.69 Å². The van der Waals surface area contributed by atoms with Crippen molar-refractivity contribution in [3.63, 3.8) is 0 Å². The highest BCUT2D eigenvalue weighted by Crippen LogP contribution is 2.31. The minimum Gasteiger partial charge on any atom is -0.493 e. The minimum absolute atomic E-state index is 0.129. The predicted octanol–water partition coefficient (Wildman–Crippen LogP) is 3.43. The lowest BCUT2D eigenvalue weighted by Gasteiger charge is -2.10. The molecule has 0 fully saturated rings. The average molecular weight is 366 g/mol. The summed E-state index contributed by atoms with van der Waals surface area (Å²) in [5, 5.41) is 3.70. The number of ether oxygens (including phenoxy) is 2. The highest BCUT2D eigenvalue weighted by atomic mass is 16.5. The minimum atomic E-state index is -0.210. The molecule has 0 aliphatic carbocycles. The van der Waals surface area contributed by atoms with E-state index >= 15 is 0 Å². The first-order valence-electron chi connectivity index (χ1n) is 8.65. The number of hydrogen-bond acceptors (Lipinski definition) is 4. The third-order valence-corrected chi connectivity index (χ3v) is 4.47. The van der Waals surface area contributed by atoms with Crippen LogP contribution in [-0.2, 0) is 11.2 Å². The number of hydrogen-bond donors (Lipinski definition) is 2. The number of benzene rings is 2. The maximum atomic E-state index is 12.4. The number of carbonyl (C=O) groups excluding carboxylic acids is 1. The van der Waals surface area contributed by atoms with E-state index in [0.29, 0.717) is 29.0 Å². The Balaban J connectivity index is 1.78. The van der Waals surface area contributed by atoms with Crippen molar-refractivity contribution < 1.29 is 14.3 Å². The van der Waals surface area contributed by atoms with Crippen molar-refractivity contribution in [3.05, 3.63) is 63.9 Å². The van der Waals surface area contributed by atoms with Crippen molar-refractivity contribution in [2.24, 2.45) is 0 Å². The van der Waals surface area contributed by atoms with E-state index < -0.39 is 0 Å². The Morgan fingerprint density at radius 3 is 2.48 bits per heavy atom. The van der Waals surface area contributed by atoms with E-state index in [1.165, 1.54) is 0 Å². The molecule has 2 aromatic carbocycles. The SMILES string of the molecule is COc1cc2cc(CCC(=O)Nc3ccccc3C)c(=O)[nH]c2cc1OC. The molecule has 1 heterocycles. The maximum Gasteiger partial charge on any atom is 0.251 e. The first-order chi connectivity index (χ1) is 13.0. The molecule has 0 aliphatic heterocycles. The molecule has 3 aromatic rings. The van der Waals surface area contributed by atoms with E-state index in [2.05, 4.69) is 10.3 Å². The van der Waals surface area contributed by atoms with Gasteiger partial charge in [-0.2, -0.15) is 0 Å². The number of nitrogens with one attached hydrogen (secondary N) is 2. The molecule has 2 N–H and O–H groups in total. The highest BCUT2D eigenvalue weighted by Gasteiger charge is 2.11. The monoisotopic (exact) mass is 366 g/mol. The fourth-order valence-corrected chi connectivity index (χ4v) is 2.94. The Labute approximate surface area is 157 Å². The summed E-state index contributed by atoms with van der Waals surface area (Å²) in [5.74, 6) is 1.00. The number of rotatable bonds is 6. The van der Waals surface area contributed by atoms with E-state index in [1.54, 1.807) is 32.4 Å². The molecule has 140 valence electrons. The molecule has 27 heavy (non-hydrogen) atoms. The van der Waals surface area contributed by atoms with Crippen LogP contribution in [0.25, 0.3) is 10.9 Å². The Morgan fingerprint density at radius 1 is 1.07 bits per heavy atom. The first kappa shape index (κ1) is 18.5. The number of amides is 1. The summed E-state index contributed by atoms with van der Waals surface area (Å²) in [5.41, 5.74) is 2.78. The number of H-pyrrole nitrogens is 1. The van der Waals surface area contributed by atoms with Crippen LogP contribution in [0.2, 0.25) is 0 Å². The molecule has 0 unspecified atom stereocenters. The van der Waals surface area contributed by atoms with Crippen LogP contribution >= 0.6 is 0 Å². The normalized spacial score (nSPS) is 10.6. The largest absolute Gasteiger partial charge is 0.493 e. The molecule has 0 aliphatic rings. The molecule has 6 nitrogen and oxygen atoms in total. The van der Waals surface area contributed by atoms with Crippen LogP contribution in [-0.4, -0.2) is 25.1 Å². The van der Waals surface area contributed by atoms with E-state index in [4.69, 9.17) is 9.47 Å². The van der Waals surface area contributed by atoms with Crippen molar-refractivity contribution >= 4 is 22.5 Å². The molecule has 6 heteroatoms. The number of aromatic nitrogens is 1.